The van der Waals surface area contributed by atoms with Gasteiger partial charge in [-0.15, -0.1) is 0 Å². The Bertz CT molecular complexity index is 981. The normalized spacial score (nSPS) is 14.7. The van der Waals surface area contributed by atoms with Gasteiger partial charge in [-0.2, -0.15) is 5.26 Å². The van der Waals surface area contributed by atoms with Crippen LogP contribution in [-0.4, -0.2) is 36.5 Å². The van der Waals surface area contributed by atoms with Gasteiger partial charge in [0.2, 0.25) is 5.91 Å². The van der Waals surface area contributed by atoms with Crippen LogP contribution in [0.2, 0.25) is 0 Å². The highest BCUT2D eigenvalue weighted by molar-refractivity contribution is 6.11. The molecular weight excluding hydrogens is 374 g/mol. The first kappa shape index (κ1) is 19.9. The molecule has 29 heavy (non-hydrogen) atoms. The molecule has 1 aliphatic rings. The van der Waals surface area contributed by atoms with Gasteiger partial charge >= 0.3 is 5.97 Å². The number of esters is 1. The summed E-state index contributed by atoms with van der Waals surface area (Å²) in [7, 11) is 0. The molecule has 1 heterocycles. The minimum absolute atomic E-state index is 0.158. The molecule has 0 saturated carbocycles. The summed E-state index contributed by atoms with van der Waals surface area (Å²) < 4.78 is 10.8. The van der Waals surface area contributed by atoms with Crippen molar-refractivity contribution in [2.45, 2.75) is 26.1 Å². The van der Waals surface area contributed by atoms with Gasteiger partial charge in [-0.3, -0.25) is 14.5 Å². The largest absolute Gasteiger partial charge is 0.479 e. The van der Waals surface area contributed by atoms with Crippen LogP contribution in [0, 0.1) is 11.3 Å². The second-order valence-corrected chi connectivity index (χ2v) is 6.47. The summed E-state index contributed by atoms with van der Waals surface area (Å²) in [5.74, 6) is -1.15. The summed E-state index contributed by atoms with van der Waals surface area (Å²) in [4.78, 5) is 38.3. The molecule has 8 nitrogen and oxygen atoms in total. The summed E-state index contributed by atoms with van der Waals surface area (Å²) in [5, 5.41) is 11.5. The topological polar surface area (TPSA) is 109 Å². The van der Waals surface area contributed by atoms with Crippen LogP contribution < -0.4 is 15.0 Å². The third-order valence-electron chi connectivity index (χ3n) is 4.31. The predicted molar refractivity (Wildman–Crippen MR) is 104 cm³/mol. The molecule has 0 bridgehead atoms. The number of para-hydroxylation sites is 2. The molecule has 2 atom stereocenters. The maximum absolute atomic E-state index is 12.8. The summed E-state index contributed by atoms with van der Waals surface area (Å²) in [6.07, 6.45) is -2.07. The molecule has 2 amide bonds. The lowest BCUT2D eigenvalue weighted by Gasteiger charge is -2.31. The van der Waals surface area contributed by atoms with Crippen molar-refractivity contribution >= 4 is 29.2 Å². The third-order valence-corrected chi connectivity index (χ3v) is 4.31. The minimum Gasteiger partial charge on any atom is -0.479 e. The van der Waals surface area contributed by atoms with Crippen molar-refractivity contribution < 1.29 is 23.9 Å². The molecule has 148 valence electrons. The van der Waals surface area contributed by atoms with Gasteiger partial charge in [0.25, 0.3) is 5.91 Å². The number of hydrogen-bond acceptors (Lipinski definition) is 6. The Balaban J connectivity index is 1.63. The van der Waals surface area contributed by atoms with Crippen molar-refractivity contribution in [3.05, 3.63) is 54.1 Å². The van der Waals surface area contributed by atoms with Crippen LogP contribution in [0.1, 0.15) is 19.4 Å². The number of carbonyl (C=O) groups is 3. The standard InChI is InChI=1S/C21H19N3O5/c1-13(20(26)24-12-19(25)23-17-5-3-4-6-18(17)24)29-21(27)14(2)28-16-9-7-15(11-22)8-10-16/h3-10,13-14H,12H2,1-2H3,(H,23,25)/t13-,14+/m1/s1. The molecule has 0 saturated heterocycles. The molecule has 1 aliphatic heterocycles. The molecule has 0 radical (unpaired) electrons. The fourth-order valence-electron chi connectivity index (χ4n) is 2.83. The van der Waals surface area contributed by atoms with Crippen molar-refractivity contribution in [3.63, 3.8) is 0 Å². The van der Waals surface area contributed by atoms with Crippen molar-refractivity contribution in [1.82, 2.24) is 0 Å². The van der Waals surface area contributed by atoms with Crippen molar-refractivity contribution in [2.24, 2.45) is 0 Å². The summed E-state index contributed by atoms with van der Waals surface area (Å²) >= 11 is 0. The average Bonchev–Trinajstić information content (AvgIpc) is 2.72. The number of fused-ring (bicyclic) bond motifs is 1. The number of hydrogen-bond donors (Lipinski definition) is 1. The SMILES string of the molecule is C[C@H](Oc1ccc(C#N)cc1)C(=O)O[C@H](C)C(=O)N1CC(=O)Nc2ccccc21. The Morgan fingerprint density at radius 3 is 2.48 bits per heavy atom. The first-order valence-electron chi connectivity index (χ1n) is 8.96. The molecule has 2 aromatic rings. The number of nitrogens with one attached hydrogen (secondary N) is 1. The van der Waals surface area contributed by atoms with Gasteiger partial charge in [0, 0.05) is 0 Å². The molecule has 1 N–H and O–H groups in total. The zero-order valence-corrected chi connectivity index (χ0v) is 15.9. The van der Waals surface area contributed by atoms with Crippen LogP contribution in [0.5, 0.6) is 5.75 Å². The number of amides is 2. The van der Waals surface area contributed by atoms with E-state index in [1.165, 1.54) is 18.7 Å². The lowest BCUT2D eigenvalue weighted by molar-refractivity contribution is -0.160. The number of nitriles is 1. The lowest BCUT2D eigenvalue weighted by atomic mass is 10.1. The highest BCUT2D eigenvalue weighted by Crippen LogP contribution is 2.29. The van der Waals surface area contributed by atoms with E-state index in [0.717, 1.165) is 0 Å². The van der Waals surface area contributed by atoms with Crippen LogP contribution in [0.25, 0.3) is 0 Å². The molecule has 3 rings (SSSR count). The number of ether oxygens (including phenoxy) is 2. The Kier molecular flexibility index (Phi) is 5.79. The van der Waals surface area contributed by atoms with Crippen LogP contribution >= 0.6 is 0 Å². The zero-order chi connectivity index (χ0) is 21.0. The lowest BCUT2D eigenvalue weighted by Crippen LogP contribution is -2.47. The predicted octanol–water partition coefficient (Wildman–Crippen LogP) is 2.24. The molecule has 2 aromatic carbocycles. The van der Waals surface area contributed by atoms with E-state index in [9.17, 15) is 14.4 Å². The van der Waals surface area contributed by atoms with Gasteiger partial charge < -0.3 is 14.8 Å². The monoisotopic (exact) mass is 393 g/mol. The van der Waals surface area contributed by atoms with Gasteiger partial charge in [0.1, 0.15) is 12.3 Å². The van der Waals surface area contributed by atoms with Crippen LogP contribution in [0.3, 0.4) is 0 Å². The van der Waals surface area contributed by atoms with Crippen molar-refractivity contribution in [1.29, 1.82) is 5.26 Å². The van der Waals surface area contributed by atoms with E-state index in [0.29, 0.717) is 22.7 Å². The molecular formula is C21H19N3O5. The molecule has 8 heteroatoms. The Labute approximate surface area is 167 Å². The van der Waals surface area contributed by atoms with Gasteiger partial charge in [0.15, 0.2) is 12.2 Å². The van der Waals surface area contributed by atoms with E-state index in [-0.39, 0.29) is 12.5 Å². The van der Waals surface area contributed by atoms with Crippen molar-refractivity contribution in [2.75, 3.05) is 16.8 Å². The van der Waals surface area contributed by atoms with E-state index < -0.39 is 24.1 Å². The maximum atomic E-state index is 12.8. The fourth-order valence-corrected chi connectivity index (χ4v) is 2.83. The molecule has 0 aromatic heterocycles. The average molecular weight is 393 g/mol. The first-order chi connectivity index (χ1) is 13.9. The van der Waals surface area contributed by atoms with Gasteiger partial charge in [-0.25, -0.2) is 4.79 Å². The number of rotatable bonds is 5. The van der Waals surface area contributed by atoms with E-state index in [1.54, 1.807) is 48.5 Å². The van der Waals surface area contributed by atoms with Crippen LogP contribution in [0.4, 0.5) is 11.4 Å². The van der Waals surface area contributed by atoms with Crippen molar-refractivity contribution in [3.8, 4) is 11.8 Å². The maximum Gasteiger partial charge on any atom is 0.347 e. The smallest absolute Gasteiger partial charge is 0.347 e. The van der Waals surface area contributed by atoms with Crippen LogP contribution in [0.15, 0.2) is 48.5 Å². The number of carbonyl (C=O) groups excluding carboxylic acids is 3. The van der Waals surface area contributed by atoms with Gasteiger partial charge in [0.05, 0.1) is 23.0 Å². The quantitative estimate of drug-likeness (QED) is 0.781. The number of anilines is 2. The van der Waals surface area contributed by atoms with Gasteiger partial charge in [-0.05, 0) is 50.2 Å². The number of nitrogens with zero attached hydrogens (tertiary/aromatic N) is 2. The molecule has 0 aliphatic carbocycles. The molecule has 0 spiro atoms. The van der Waals surface area contributed by atoms with E-state index in [1.807, 2.05) is 6.07 Å². The van der Waals surface area contributed by atoms with E-state index in [2.05, 4.69) is 5.32 Å². The second-order valence-electron chi connectivity index (χ2n) is 6.47. The Hall–Kier alpha value is -3.86. The van der Waals surface area contributed by atoms with Crippen LogP contribution in [-0.2, 0) is 19.1 Å². The molecule has 0 unspecified atom stereocenters. The second kappa shape index (κ2) is 8.44. The summed E-state index contributed by atoms with van der Waals surface area (Å²) in [5.41, 5.74) is 1.53. The van der Waals surface area contributed by atoms with E-state index >= 15 is 0 Å². The number of benzene rings is 2. The third kappa shape index (κ3) is 4.52. The Morgan fingerprint density at radius 2 is 1.79 bits per heavy atom. The summed E-state index contributed by atoms with van der Waals surface area (Å²) in [6.45, 7) is 2.79. The zero-order valence-electron chi connectivity index (χ0n) is 15.9. The Morgan fingerprint density at radius 1 is 1.10 bits per heavy atom. The fraction of sp³-hybridized carbons (Fsp3) is 0.238. The molecule has 0 fully saturated rings. The first-order valence-corrected chi connectivity index (χ1v) is 8.96. The summed E-state index contributed by atoms with van der Waals surface area (Å²) in [6, 6.07) is 15.2. The highest BCUT2D eigenvalue weighted by atomic mass is 16.6. The highest BCUT2D eigenvalue weighted by Gasteiger charge is 2.32. The van der Waals surface area contributed by atoms with E-state index in [4.69, 9.17) is 14.7 Å². The minimum atomic E-state index is -1.10. The van der Waals surface area contributed by atoms with Gasteiger partial charge in [-0.1, -0.05) is 12.1 Å².